The third kappa shape index (κ3) is 1.75. The molecule has 1 saturated heterocycles. The maximum absolute atomic E-state index is 5.54. The summed E-state index contributed by atoms with van der Waals surface area (Å²) < 4.78 is 5.54. The van der Waals surface area contributed by atoms with Crippen molar-refractivity contribution in [3.8, 4) is 0 Å². The Morgan fingerprint density at radius 2 is 2.08 bits per heavy atom. The van der Waals surface area contributed by atoms with Crippen LogP contribution in [0, 0.1) is 5.41 Å². The third-order valence-electron chi connectivity index (χ3n) is 3.81. The molecule has 1 aliphatic carbocycles. The standard InChI is InChI=1S/C11H21NO/c1-8-9(5-7-13-8)12-10-4-6-11(10,2)3/h8-10,12H,4-7H2,1-3H3/t8-,9-,10?/m1/s1. The van der Waals surface area contributed by atoms with E-state index in [1.54, 1.807) is 0 Å². The molecular formula is C11H21NO. The van der Waals surface area contributed by atoms with Crippen LogP contribution in [0.25, 0.3) is 0 Å². The van der Waals surface area contributed by atoms with Gasteiger partial charge >= 0.3 is 0 Å². The van der Waals surface area contributed by atoms with Gasteiger partial charge in [-0.25, -0.2) is 0 Å². The van der Waals surface area contributed by atoms with Crippen molar-refractivity contribution in [1.29, 1.82) is 0 Å². The second-order valence-electron chi connectivity index (χ2n) is 5.22. The monoisotopic (exact) mass is 183 g/mol. The molecule has 2 heteroatoms. The zero-order valence-electron chi connectivity index (χ0n) is 8.97. The molecule has 0 aromatic heterocycles. The minimum atomic E-state index is 0.413. The average molecular weight is 183 g/mol. The van der Waals surface area contributed by atoms with Crippen molar-refractivity contribution >= 4 is 0 Å². The fourth-order valence-corrected chi connectivity index (χ4v) is 2.38. The Hall–Kier alpha value is -0.0800. The maximum atomic E-state index is 5.54. The first kappa shape index (κ1) is 9.47. The van der Waals surface area contributed by atoms with Crippen LogP contribution in [0.15, 0.2) is 0 Å². The average Bonchev–Trinajstić information content (AvgIpc) is 2.45. The zero-order chi connectivity index (χ0) is 9.47. The van der Waals surface area contributed by atoms with Crippen molar-refractivity contribution < 1.29 is 4.74 Å². The lowest BCUT2D eigenvalue weighted by molar-refractivity contribution is 0.0706. The normalized spacial score (nSPS) is 43.2. The van der Waals surface area contributed by atoms with Crippen molar-refractivity contribution in [3.05, 3.63) is 0 Å². The SMILES string of the molecule is C[C@H]1OCC[C@H]1NC1CCC1(C)C. The first-order valence-corrected chi connectivity index (χ1v) is 5.47. The van der Waals surface area contributed by atoms with Gasteiger partial charge in [-0.3, -0.25) is 0 Å². The molecule has 2 rings (SSSR count). The summed E-state index contributed by atoms with van der Waals surface area (Å²) in [4.78, 5) is 0. The summed E-state index contributed by atoms with van der Waals surface area (Å²) in [6, 6.07) is 1.33. The van der Waals surface area contributed by atoms with Gasteiger partial charge in [0.25, 0.3) is 0 Å². The predicted octanol–water partition coefficient (Wildman–Crippen LogP) is 1.94. The molecule has 0 bridgehead atoms. The molecular weight excluding hydrogens is 162 g/mol. The van der Waals surface area contributed by atoms with Gasteiger partial charge in [-0.1, -0.05) is 13.8 Å². The highest BCUT2D eigenvalue weighted by Crippen LogP contribution is 2.40. The van der Waals surface area contributed by atoms with Crippen LogP contribution in [0.1, 0.15) is 40.0 Å². The van der Waals surface area contributed by atoms with E-state index in [2.05, 4.69) is 26.1 Å². The molecule has 1 saturated carbocycles. The smallest absolute Gasteiger partial charge is 0.0700 e. The third-order valence-corrected chi connectivity index (χ3v) is 3.81. The van der Waals surface area contributed by atoms with Crippen LogP contribution in [0.3, 0.4) is 0 Å². The summed E-state index contributed by atoms with van der Waals surface area (Å²) in [6.07, 6.45) is 4.31. The number of ether oxygens (including phenoxy) is 1. The fourth-order valence-electron chi connectivity index (χ4n) is 2.38. The van der Waals surface area contributed by atoms with Crippen LogP contribution < -0.4 is 5.32 Å². The van der Waals surface area contributed by atoms with Crippen LogP contribution in [0.4, 0.5) is 0 Å². The van der Waals surface area contributed by atoms with E-state index in [0.29, 0.717) is 17.6 Å². The van der Waals surface area contributed by atoms with Gasteiger partial charge < -0.3 is 10.1 Å². The van der Waals surface area contributed by atoms with Crippen LogP contribution in [-0.2, 0) is 4.74 Å². The molecule has 1 unspecified atom stereocenters. The summed E-state index contributed by atoms with van der Waals surface area (Å²) >= 11 is 0. The Kier molecular flexibility index (Phi) is 2.37. The Morgan fingerprint density at radius 1 is 1.31 bits per heavy atom. The van der Waals surface area contributed by atoms with E-state index in [1.165, 1.54) is 19.3 Å². The van der Waals surface area contributed by atoms with Crippen molar-refractivity contribution in [2.24, 2.45) is 5.41 Å². The Morgan fingerprint density at radius 3 is 2.46 bits per heavy atom. The maximum Gasteiger partial charge on any atom is 0.0700 e. The summed E-state index contributed by atoms with van der Waals surface area (Å²) in [5, 5.41) is 3.73. The molecule has 0 aromatic carbocycles. The molecule has 0 spiro atoms. The second-order valence-corrected chi connectivity index (χ2v) is 5.22. The van der Waals surface area contributed by atoms with Crippen LogP contribution in [-0.4, -0.2) is 24.8 Å². The molecule has 2 fully saturated rings. The quantitative estimate of drug-likeness (QED) is 0.706. The highest BCUT2D eigenvalue weighted by atomic mass is 16.5. The van der Waals surface area contributed by atoms with Gasteiger partial charge in [0.05, 0.1) is 6.10 Å². The van der Waals surface area contributed by atoms with Crippen LogP contribution >= 0.6 is 0 Å². The number of hydrogen-bond donors (Lipinski definition) is 1. The van der Waals surface area contributed by atoms with Crippen LogP contribution in [0.2, 0.25) is 0 Å². The molecule has 1 aliphatic heterocycles. The molecule has 3 atom stereocenters. The van der Waals surface area contributed by atoms with E-state index in [0.717, 1.165) is 12.6 Å². The number of nitrogens with one attached hydrogen (secondary N) is 1. The Balaban J connectivity index is 1.84. The van der Waals surface area contributed by atoms with Gasteiger partial charge in [-0.15, -0.1) is 0 Å². The van der Waals surface area contributed by atoms with E-state index in [-0.39, 0.29) is 0 Å². The molecule has 1 heterocycles. The van der Waals surface area contributed by atoms with Crippen molar-refractivity contribution in [3.63, 3.8) is 0 Å². The first-order valence-electron chi connectivity index (χ1n) is 5.47. The lowest BCUT2D eigenvalue weighted by Gasteiger charge is -2.46. The topological polar surface area (TPSA) is 21.3 Å². The largest absolute Gasteiger partial charge is 0.377 e. The highest BCUT2D eigenvalue weighted by Gasteiger charge is 2.40. The van der Waals surface area contributed by atoms with Crippen molar-refractivity contribution in [2.75, 3.05) is 6.61 Å². The lowest BCUT2D eigenvalue weighted by Crippen LogP contribution is -2.54. The van der Waals surface area contributed by atoms with Gasteiger partial charge in [0, 0.05) is 18.7 Å². The molecule has 0 radical (unpaired) electrons. The van der Waals surface area contributed by atoms with Gasteiger partial charge in [-0.2, -0.15) is 0 Å². The molecule has 76 valence electrons. The van der Waals surface area contributed by atoms with E-state index < -0.39 is 0 Å². The Labute approximate surface area is 81.0 Å². The van der Waals surface area contributed by atoms with Gasteiger partial charge in [0.1, 0.15) is 0 Å². The second kappa shape index (κ2) is 3.25. The van der Waals surface area contributed by atoms with E-state index in [1.807, 2.05) is 0 Å². The molecule has 0 aromatic rings. The van der Waals surface area contributed by atoms with Gasteiger partial charge in [0.15, 0.2) is 0 Å². The number of hydrogen-bond acceptors (Lipinski definition) is 2. The van der Waals surface area contributed by atoms with Crippen molar-refractivity contribution in [1.82, 2.24) is 5.32 Å². The minimum absolute atomic E-state index is 0.413. The Bertz CT molecular complexity index is 191. The highest BCUT2D eigenvalue weighted by molar-refractivity contribution is 4.97. The predicted molar refractivity (Wildman–Crippen MR) is 53.8 cm³/mol. The summed E-state index contributed by atoms with van der Waals surface area (Å²) in [5.41, 5.74) is 0.516. The summed E-state index contributed by atoms with van der Waals surface area (Å²) in [7, 11) is 0. The molecule has 2 aliphatic rings. The first-order chi connectivity index (χ1) is 6.09. The minimum Gasteiger partial charge on any atom is -0.377 e. The van der Waals surface area contributed by atoms with E-state index in [4.69, 9.17) is 4.74 Å². The number of rotatable bonds is 2. The molecule has 0 amide bonds. The summed E-state index contributed by atoms with van der Waals surface area (Å²) in [6.45, 7) is 7.82. The van der Waals surface area contributed by atoms with Gasteiger partial charge in [-0.05, 0) is 31.6 Å². The van der Waals surface area contributed by atoms with E-state index >= 15 is 0 Å². The van der Waals surface area contributed by atoms with E-state index in [9.17, 15) is 0 Å². The van der Waals surface area contributed by atoms with Crippen LogP contribution in [0.5, 0.6) is 0 Å². The van der Waals surface area contributed by atoms with Crippen molar-refractivity contribution in [2.45, 2.75) is 58.2 Å². The molecule has 2 nitrogen and oxygen atoms in total. The zero-order valence-corrected chi connectivity index (χ0v) is 8.97. The van der Waals surface area contributed by atoms with Gasteiger partial charge in [0.2, 0.25) is 0 Å². The molecule has 13 heavy (non-hydrogen) atoms. The lowest BCUT2D eigenvalue weighted by atomic mass is 9.67. The fraction of sp³-hybridized carbons (Fsp3) is 1.00. The summed E-state index contributed by atoms with van der Waals surface area (Å²) in [5.74, 6) is 0. The molecule has 1 N–H and O–H groups in total.